The number of nitrogens with zero attached hydrogens (tertiary/aromatic N) is 3. The number of ether oxygens (including phenoxy) is 2. The number of thiophene rings is 2. The van der Waals surface area contributed by atoms with Crippen molar-refractivity contribution in [3.8, 4) is 21.9 Å². The SMILES string of the molecule is CCN(Cc1ccc2c(c1)OCO2)C(=O)Cn1cnc2scc(-c3cccs3)c2c1=O. The van der Waals surface area contributed by atoms with Crippen LogP contribution in [-0.4, -0.2) is 33.7 Å². The summed E-state index contributed by atoms with van der Waals surface area (Å²) >= 11 is 3.02. The molecule has 7 nitrogen and oxygen atoms in total. The van der Waals surface area contributed by atoms with Gasteiger partial charge in [0.05, 0.1) is 11.7 Å². The van der Waals surface area contributed by atoms with Crippen molar-refractivity contribution in [1.82, 2.24) is 14.5 Å². The van der Waals surface area contributed by atoms with E-state index in [9.17, 15) is 9.59 Å². The molecular weight excluding hydrogens is 434 g/mol. The first-order valence-corrected chi connectivity index (χ1v) is 11.6. The quantitative estimate of drug-likeness (QED) is 0.442. The first-order valence-electron chi connectivity index (χ1n) is 9.81. The summed E-state index contributed by atoms with van der Waals surface area (Å²) in [5.41, 5.74) is 1.63. The predicted octanol–water partition coefficient (Wildman–Crippen LogP) is 3.96. The molecule has 4 aromatic rings. The molecule has 4 heterocycles. The van der Waals surface area contributed by atoms with Crippen LogP contribution in [0, 0.1) is 0 Å². The van der Waals surface area contributed by atoms with Crippen LogP contribution < -0.4 is 15.0 Å². The highest BCUT2D eigenvalue weighted by Gasteiger charge is 2.19. The highest BCUT2D eigenvalue weighted by molar-refractivity contribution is 7.18. The zero-order chi connectivity index (χ0) is 21.4. The molecule has 1 aliphatic rings. The van der Waals surface area contributed by atoms with Crippen LogP contribution in [0.5, 0.6) is 11.5 Å². The third-order valence-electron chi connectivity index (χ3n) is 5.20. The van der Waals surface area contributed by atoms with Crippen LogP contribution in [0.1, 0.15) is 12.5 Å². The monoisotopic (exact) mass is 453 g/mol. The van der Waals surface area contributed by atoms with Crippen molar-refractivity contribution in [2.45, 2.75) is 20.0 Å². The number of amides is 1. The van der Waals surface area contributed by atoms with Gasteiger partial charge in [-0.25, -0.2) is 4.98 Å². The molecule has 0 unspecified atom stereocenters. The van der Waals surface area contributed by atoms with E-state index >= 15 is 0 Å². The van der Waals surface area contributed by atoms with E-state index in [-0.39, 0.29) is 24.8 Å². The summed E-state index contributed by atoms with van der Waals surface area (Å²) in [5.74, 6) is 1.25. The van der Waals surface area contributed by atoms with Gasteiger partial charge in [-0.3, -0.25) is 14.2 Å². The van der Waals surface area contributed by atoms with Crippen LogP contribution in [0.3, 0.4) is 0 Å². The minimum Gasteiger partial charge on any atom is -0.454 e. The topological polar surface area (TPSA) is 73.7 Å². The van der Waals surface area contributed by atoms with Crippen LogP contribution >= 0.6 is 22.7 Å². The van der Waals surface area contributed by atoms with Crippen molar-refractivity contribution in [2.24, 2.45) is 0 Å². The van der Waals surface area contributed by atoms with Crippen LogP contribution in [0.25, 0.3) is 20.7 Å². The molecule has 0 N–H and O–H groups in total. The van der Waals surface area contributed by atoms with Crippen LogP contribution in [-0.2, 0) is 17.9 Å². The number of carbonyl (C=O) groups is 1. The highest BCUT2D eigenvalue weighted by atomic mass is 32.1. The molecule has 0 bridgehead atoms. The van der Waals surface area contributed by atoms with Crippen molar-refractivity contribution in [3.63, 3.8) is 0 Å². The van der Waals surface area contributed by atoms with E-state index in [0.29, 0.717) is 34.8 Å². The van der Waals surface area contributed by atoms with Crippen molar-refractivity contribution in [2.75, 3.05) is 13.3 Å². The predicted molar refractivity (Wildman–Crippen MR) is 121 cm³/mol. The van der Waals surface area contributed by atoms with Gasteiger partial charge in [-0.05, 0) is 36.1 Å². The third-order valence-corrected chi connectivity index (χ3v) is 6.99. The molecule has 5 rings (SSSR count). The normalized spacial score (nSPS) is 12.4. The van der Waals surface area contributed by atoms with Gasteiger partial charge in [0.2, 0.25) is 12.7 Å². The summed E-state index contributed by atoms with van der Waals surface area (Å²) in [6.07, 6.45) is 1.46. The Labute approximate surface area is 186 Å². The minimum absolute atomic E-state index is 0.0557. The lowest BCUT2D eigenvalue weighted by Gasteiger charge is -2.21. The van der Waals surface area contributed by atoms with E-state index in [1.54, 1.807) is 16.2 Å². The Morgan fingerprint density at radius 3 is 2.90 bits per heavy atom. The summed E-state index contributed by atoms with van der Waals surface area (Å²) in [7, 11) is 0. The lowest BCUT2D eigenvalue weighted by Crippen LogP contribution is -2.36. The standard InChI is InChI=1S/C22H19N3O4S2/c1-2-24(9-14-5-6-16-17(8-14)29-13-28-16)19(26)10-25-12-23-21-20(22(25)27)15(11-31-21)18-4-3-7-30-18/h3-8,11-12H,2,9-10,13H2,1H3. The molecule has 3 aromatic heterocycles. The molecule has 158 valence electrons. The van der Waals surface area contributed by atoms with Gasteiger partial charge in [0, 0.05) is 28.9 Å². The Balaban J connectivity index is 1.39. The maximum atomic E-state index is 13.2. The number of benzene rings is 1. The number of fused-ring (bicyclic) bond motifs is 2. The molecule has 0 saturated carbocycles. The van der Waals surface area contributed by atoms with Crippen molar-refractivity contribution in [1.29, 1.82) is 0 Å². The molecule has 0 atom stereocenters. The molecule has 31 heavy (non-hydrogen) atoms. The Hall–Kier alpha value is -3.17. The Bertz CT molecular complexity index is 1310. The van der Waals surface area contributed by atoms with Crippen molar-refractivity contribution >= 4 is 38.8 Å². The Morgan fingerprint density at radius 2 is 2.10 bits per heavy atom. The first-order chi connectivity index (χ1) is 15.1. The van der Waals surface area contributed by atoms with Gasteiger partial charge in [-0.1, -0.05) is 12.1 Å². The second-order valence-corrected chi connectivity index (χ2v) is 8.89. The molecule has 1 aromatic carbocycles. The molecular formula is C22H19N3O4S2. The maximum absolute atomic E-state index is 13.2. The van der Waals surface area contributed by atoms with Gasteiger partial charge in [0.15, 0.2) is 11.5 Å². The van der Waals surface area contributed by atoms with Crippen LogP contribution in [0.4, 0.5) is 0 Å². The molecule has 0 saturated heterocycles. The number of hydrogen-bond donors (Lipinski definition) is 0. The molecule has 0 fully saturated rings. The summed E-state index contributed by atoms with van der Waals surface area (Å²) in [4.78, 5) is 34.0. The fourth-order valence-corrected chi connectivity index (χ4v) is 5.30. The summed E-state index contributed by atoms with van der Waals surface area (Å²) in [6.45, 7) is 3.03. The highest BCUT2D eigenvalue weighted by Crippen LogP contribution is 2.34. The Morgan fingerprint density at radius 1 is 1.23 bits per heavy atom. The minimum atomic E-state index is -0.192. The number of aromatic nitrogens is 2. The second-order valence-electron chi connectivity index (χ2n) is 7.08. The van der Waals surface area contributed by atoms with Crippen LogP contribution in [0.2, 0.25) is 0 Å². The van der Waals surface area contributed by atoms with Gasteiger partial charge < -0.3 is 14.4 Å². The zero-order valence-corrected chi connectivity index (χ0v) is 18.4. The lowest BCUT2D eigenvalue weighted by atomic mass is 10.2. The van der Waals surface area contributed by atoms with E-state index in [2.05, 4.69) is 4.98 Å². The van der Waals surface area contributed by atoms with E-state index in [4.69, 9.17) is 9.47 Å². The van der Waals surface area contributed by atoms with Crippen molar-refractivity contribution < 1.29 is 14.3 Å². The first kappa shape index (κ1) is 19.8. The summed E-state index contributed by atoms with van der Waals surface area (Å²) in [6, 6.07) is 9.59. The number of hydrogen-bond acceptors (Lipinski definition) is 7. The molecule has 0 spiro atoms. The van der Waals surface area contributed by atoms with Gasteiger partial charge in [-0.15, -0.1) is 22.7 Å². The van der Waals surface area contributed by atoms with E-state index in [0.717, 1.165) is 16.0 Å². The lowest BCUT2D eigenvalue weighted by molar-refractivity contribution is -0.132. The number of carbonyl (C=O) groups excluding carboxylic acids is 1. The summed E-state index contributed by atoms with van der Waals surface area (Å²) in [5, 5.41) is 4.50. The average Bonchev–Trinajstić information content (AvgIpc) is 3.53. The van der Waals surface area contributed by atoms with Gasteiger partial charge in [0.25, 0.3) is 5.56 Å². The van der Waals surface area contributed by atoms with E-state index in [1.807, 2.05) is 48.0 Å². The summed E-state index contributed by atoms with van der Waals surface area (Å²) < 4.78 is 12.2. The molecule has 1 amide bonds. The zero-order valence-electron chi connectivity index (χ0n) is 16.7. The number of likely N-dealkylation sites (N-methyl/N-ethyl adjacent to an activating group) is 1. The van der Waals surface area contributed by atoms with E-state index in [1.165, 1.54) is 22.2 Å². The second kappa shape index (κ2) is 8.16. The fraction of sp³-hybridized carbons (Fsp3) is 0.227. The molecule has 9 heteroatoms. The average molecular weight is 454 g/mol. The molecule has 1 aliphatic heterocycles. The van der Waals surface area contributed by atoms with Crippen molar-refractivity contribution in [3.05, 3.63) is 63.3 Å². The molecule has 0 radical (unpaired) electrons. The fourth-order valence-electron chi connectivity index (χ4n) is 3.58. The smallest absolute Gasteiger partial charge is 0.263 e. The van der Waals surface area contributed by atoms with Gasteiger partial charge in [0.1, 0.15) is 11.4 Å². The Kier molecular flexibility index (Phi) is 5.21. The molecule has 0 aliphatic carbocycles. The third kappa shape index (κ3) is 3.70. The van der Waals surface area contributed by atoms with Crippen LogP contribution in [0.15, 0.2) is 52.2 Å². The van der Waals surface area contributed by atoms with Gasteiger partial charge in [-0.2, -0.15) is 0 Å². The maximum Gasteiger partial charge on any atom is 0.263 e. The van der Waals surface area contributed by atoms with Gasteiger partial charge >= 0.3 is 0 Å². The largest absolute Gasteiger partial charge is 0.454 e. The van der Waals surface area contributed by atoms with E-state index < -0.39 is 0 Å². The number of rotatable bonds is 6.